The monoisotopic (exact) mass is 461 g/mol. The van der Waals surface area contributed by atoms with Gasteiger partial charge in [0, 0.05) is 49.9 Å². The molecule has 2 aromatic carbocycles. The van der Waals surface area contributed by atoms with Crippen LogP contribution in [0.5, 0.6) is 0 Å². The molecule has 4 rings (SSSR count). The Labute approximate surface area is 187 Å². The van der Waals surface area contributed by atoms with Gasteiger partial charge in [-0.25, -0.2) is 0 Å². The summed E-state index contributed by atoms with van der Waals surface area (Å²) in [4.78, 5) is 19.5. The van der Waals surface area contributed by atoms with Gasteiger partial charge in [-0.3, -0.25) is 19.9 Å². The Morgan fingerprint density at radius 1 is 1.12 bits per heavy atom. The molecule has 0 spiro atoms. The van der Waals surface area contributed by atoms with Crippen LogP contribution in [0.4, 0.5) is 18.9 Å². The van der Waals surface area contributed by atoms with Crippen molar-refractivity contribution in [2.75, 3.05) is 26.2 Å². The molecule has 1 aromatic heterocycles. The molecule has 1 fully saturated rings. The molecule has 1 aliphatic heterocycles. The molecule has 8 nitrogen and oxygen atoms in total. The van der Waals surface area contributed by atoms with E-state index >= 15 is 0 Å². The van der Waals surface area contributed by atoms with Crippen LogP contribution >= 0.6 is 0 Å². The summed E-state index contributed by atoms with van der Waals surface area (Å²) in [7, 11) is 0. The largest absolute Gasteiger partial charge is 0.416 e. The SMILES string of the molecule is CC(c1nc(-c2cccc(C(F)(F)F)c2)no1)N1CCN(Cc2ccccc2[N+](=O)[O-])CC1. The summed E-state index contributed by atoms with van der Waals surface area (Å²) >= 11 is 0. The van der Waals surface area contributed by atoms with Crippen molar-refractivity contribution in [1.82, 2.24) is 19.9 Å². The van der Waals surface area contributed by atoms with E-state index in [1.54, 1.807) is 18.2 Å². The lowest BCUT2D eigenvalue weighted by atomic mass is 10.1. The summed E-state index contributed by atoms with van der Waals surface area (Å²) in [6, 6.07) is 11.3. The Hall–Kier alpha value is -3.31. The molecule has 174 valence electrons. The summed E-state index contributed by atoms with van der Waals surface area (Å²) in [5, 5.41) is 15.1. The van der Waals surface area contributed by atoms with Gasteiger partial charge >= 0.3 is 6.18 Å². The predicted octanol–water partition coefficient (Wildman–Crippen LogP) is 4.54. The minimum absolute atomic E-state index is 0.109. The van der Waals surface area contributed by atoms with Crippen LogP contribution in [-0.4, -0.2) is 51.0 Å². The van der Waals surface area contributed by atoms with Crippen LogP contribution in [0.25, 0.3) is 11.4 Å². The molecule has 3 aromatic rings. The summed E-state index contributed by atoms with van der Waals surface area (Å²) in [5.41, 5.74) is 0.253. The summed E-state index contributed by atoms with van der Waals surface area (Å²) in [5.74, 6) is 0.438. The Morgan fingerprint density at radius 3 is 2.55 bits per heavy atom. The number of nitro benzene ring substituents is 1. The number of benzene rings is 2. The smallest absolute Gasteiger partial charge is 0.337 e. The van der Waals surface area contributed by atoms with E-state index in [1.165, 1.54) is 18.2 Å². The van der Waals surface area contributed by atoms with Gasteiger partial charge in [-0.1, -0.05) is 35.5 Å². The number of nitro groups is 1. The van der Waals surface area contributed by atoms with E-state index in [2.05, 4.69) is 19.9 Å². The number of rotatable bonds is 6. The highest BCUT2D eigenvalue weighted by Crippen LogP contribution is 2.32. The van der Waals surface area contributed by atoms with Crippen LogP contribution in [0.15, 0.2) is 53.1 Å². The zero-order valence-electron chi connectivity index (χ0n) is 17.8. The lowest BCUT2D eigenvalue weighted by molar-refractivity contribution is -0.385. The number of halogens is 3. The maximum absolute atomic E-state index is 13.0. The van der Waals surface area contributed by atoms with Crippen molar-refractivity contribution in [2.24, 2.45) is 0 Å². The zero-order valence-corrected chi connectivity index (χ0v) is 17.8. The Bertz CT molecular complexity index is 1130. The van der Waals surface area contributed by atoms with Crippen LogP contribution < -0.4 is 0 Å². The van der Waals surface area contributed by atoms with Crippen molar-refractivity contribution in [3.8, 4) is 11.4 Å². The molecule has 2 heterocycles. The minimum Gasteiger partial charge on any atom is -0.337 e. The molecule has 0 aliphatic carbocycles. The first-order valence-electron chi connectivity index (χ1n) is 10.4. The first-order valence-corrected chi connectivity index (χ1v) is 10.4. The van der Waals surface area contributed by atoms with Crippen molar-refractivity contribution >= 4 is 5.69 Å². The van der Waals surface area contributed by atoms with Crippen LogP contribution in [0, 0.1) is 10.1 Å². The average molecular weight is 461 g/mol. The van der Waals surface area contributed by atoms with Gasteiger partial charge in [0.15, 0.2) is 0 Å². The molecule has 0 amide bonds. The van der Waals surface area contributed by atoms with Gasteiger partial charge in [0.2, 0.25) is 11.7 Å². The Balaban J connectivity index is 1.39. The molecule has 0 N–H and O–H groups in total. The van der Waals surface area contributed by atoms with Crippen molar-refractivity contribution < 1.29 is 22.6 Å². The second kappa shape index (κ2) is 9.28. The molecule has 1 atom stereocenters. The molecular formula is C22H22F3N5O3. The molecule has 1 aliphatic rings. The van der Waals surface area contributed by atoms with Gasteiger partial charge in [-0.2, -0.15) is 18.2 Å². The van der Waals surface area contributed by atoms with E-state index in [4.69, 9.17) is 4.52 Å². The Morgan fingerprint density at radius 2 is 1.85 bits per heavy atom. The van der Waals surface area contributed by atoms with Crippen molar-refractivity contribution in [2.45, 2.75) is 25.7 Å². The highest BCUT2D eigenvalue weighted by atomic mass is 19.4. The molecule has 11 heteroatoms. The standard InChI is InChI=1S/C22H22F3N5O3/c1-15(21-26-20(27-33-21)16-6-4-7-18(13-16)22(23,24)25)29-11-9-28(10-12-29)14-17-5-2-3-8-19(17)30(31)32/h2-8,13,15H,9-12,14H2,1H3. The molecule has 0 radical (unpaired) electrons. The fourth-order valence-electron chi connectivity index (χ4n) is 3.89. The van der Waals surface area contributed by atoms with Gasteiger partial charge in [-0.15, -0.1) is 0 Å². The first kappa shape index (κ1) is 22.9. The first-order chi connectivity index (χ1) is 15.7. The molecule has 1 unspecified atom stereocenters. The highest BCUT2D eigenvalue weighted by molar-refractivity contribution is 5.55. The van der Waals surface area contributed by atoms with Crippen LogP contribution in [-0.2, 0) is 12.7 Å². The third-order valence-corrected chi connectivity index (χ3v) is 5.78. The molecular weight excluding hydrogens is 439 g/mol. The van der Waals surface area contributed by atoms with E-state index in [0.29, 0.717) is 44.2 Å². The lowest BCUT2D eigenvalue weighted by Gasteiger charge is -2.36. The van der Waals surface area contributed by atoms with Gasteiger partial charge in [-0.05, 0) is 19.1 Å². The third-order valence-electron chi connectivity index (χ3n) is 5.78. The number of alkyl halides is 3. The summed E-state index contributed by atoms with van der Waals surface area (Å²) in [6.45, 7) is 5.16. The second-order valence-corrected chi connectivity index (χ2v) is 7.91. The average Bonchev–Trinajstić information content (AvgIpc) is 3.29. The van der Waals surface area contributed by atoms with Gasteiger partial charge < -0.3 is 4.52 Å². The minimum atomic E-state index is -4.45. The van der Waals surface area contributed by atoms with Gasteiger partial charge in [0.25, 0.3) is 5.69 Å². The van der Waals surface area contributed by atoms with E-state index in [9.17, 15) is 23.3 Å². The number of piperazine rings is 1. The maximum atomic E-state index is 13.0. The fraction of sp³-hybridized carbons (Fsp3) is 0.364. The second-order valence-electron chi connectivity index (χ2n) is 7.91. The number of para-hydroxylation sites is 1. The number of hydrogen-bond acceptors (Lipinski definition) is 7. The zero-order chi connectivity index (χ0) is 23.6. The van der Waals surface area contributed by atoms with E-state index in [-0.39, 0.29) is 28.0 Å². The summed E-state index contributed by atoms with van der Waals surface area (Å²) in [6.07, 6.45) is -4.45. The van der Waals surface area contributed by atoms with Crippen LogP contribution in [0.3, 0.4) is 0 Å². The van der Waals surface area contributed by atoms with E-state index in [0.717, 1.165) is 12.1 Å². The summed E-state index contributed by atoms with van der Waals surface area (Å²) < 4.78 is 44.3. The topological polar surface area (TPSA) is 88.5 Å². The predicted molar refractivity (Wildman–Crippen MR) is 113 cm³/mol. The van der Waals surface area contributed by atoms with Crippen LogP contribution in [0.1, 0.15) is 30.0 Å². The van der Waals surface area contributed by atoms with Gasteiger partial charge in [0.1, 0.15) is 0 Å². The number of hydrogen-bond donors (Lipinski definition) is 0. The molecule has 33 heavy (non-hydrogen) atoms. The van der Waals surface area contributed by atoms with Crippen molar-refractivity contribution in [3.63, 3.8) is 0 Å². The highest BCUT2D eigenvalue weighted by Gasteiger charge is 2.31. The maximum Gasteiger partial charge on any atom is 0.416 e. The van der Waals surface area contributed by atoms with Crippen molar-refractivity contribution in [3.05, 3.63) is 75.7 Å². The normalized spacial score (nSPS) is 16.6. The van der Waals surface area contributed by atoms with E-state index in [1.807, 2.05) is 6.92 Å². The molecule has 1 saturated heterocycles. The quantitative estimate of drug-likeness (QED) is 0.393. The fourth-order valence-corrected chi connectivity index (χ4v) is 3.89. The number of aromatic nitrogens is 2. The van der Waals surface area contributed by atoms with E-state index < -0.39 is 11.7 Å². The Kier molecular flexibility index (Phi) is 6.43. The van der Waals surface area contributed by atoms with Crippen LogP contribution in [0.2, 0.25) is 0 Å². The van der Waals surface area contributed by atoms with Crippen molar-refractivity contribution in [1.29, 1.82) is 0 Å². The number of nitrogens with zero attached hydrogens (tertiary/aromatic N) is 5. The lowest BCUT2D eigenvalue weighted by Crippen LogP contribution is -2.46. The molecule has 0 saturated carbocycles. The van der Waals surface area contributed by atoms with Gasteiger partial charge in [0.05, 0.1) is 16.5 Å². The third kappa shape index (κ3) is 5.20. The molecule has 0 bridgehead atoms.